The summed E-state index contributed by atoms with van der Waals surface area (Å²) in [6.07, 6.45) is 2.60. The van der Waals surface area contributed by atoms with E-state index < -0.39 is 0 Å². The van der Waals surface area contributed by atoms with E-state index in [0.717, 1.165) is 29.7 Å². The van der Waals surface area contributed by atoms with Gasteiger partial charge in [0.15, 0.2) is 11.2 Å². The molecule has 0 spiro atoms. The first-order chi connectivity index (χ1) is 21.0. The first-order valence-corrected chi connectivity index (χ1v) is 14.3. The van der Waals surface area contributed by atoms with Gasteiger partial charge in [-0.25, -0.2) is 14.6 Å². The maximum absolute atomic E-state index is 12.8. The number of nitrogen functional groups attached to an aromatic ring is 2. The summed E-state index contributed by atoms with van der Waals surface area (Å²) < 4.78 is 18.3. The molecule has 6 rings (SSSR count). The molecule has 0 atom stereocenters. The summed E-state index contributed by atoms with van der Waals surface area (Å²) in [7, 11) is 1.88. The number of anilines is 2. The van der Waals surface area contributed by atoms with Crippen molar-refractivity contribution in [2.75, 3.05) is 58.0 Å². The predicted octanol–water partition coefficient (Wildman–Crippen LogP) is 2.37. The van der Waals surface area contributed by atoms with Crippen LogP contribution in [-0.4, -0.2) is 82.1 Å². The van der Waals surface area contributed by atoms with Gasteiger partial charge < -0.3 is 35.6 Å². The van der Waals surface area contributed by atoms with Crippen molar-refractivity contribution in [3.63, 3.8) is 0 Å². The lowest BCUT2D eigenvalue weighted by molar-refractivity contribution is -0.133. The van der Waals surface area contributed by atoms with Gasteiger partial charge in [0.2, 0.25) is 5.91 Å². The second-order valence-electron chi connectivity index (χ2n) is 10.4. The van der Waals surface area contributed by atoms with Gasteiger partial charge in [0.25, 0.3) is 6.01 Å². The number of nitrogens with one attached hydrogen (secondary N) is 1. The molecule has 0 saturated heterocycles. The number of carbonyl (C=O) groups excluding carboxylic acids is 1. The van der Waals surface area contributed by atoms with E-state index in [1.54, 1.807) is 0 Å². The number of benzene rings is 2. The average molecular weight is 586 g/mol. The highest BCUT2D eigenvalue weighted by Gasteiger charge is 2.22. The Morgan fingerprint density at radius 1 is 1.05 bits per heavy atom. The number of likely N-dealkylation sites (N-methyl/N-ethyl adjacent to an activating group) is 1. The number of amides is 1. The fraction of sp³-hybridized carbons (Fsp3) is 0.367. The average Bonchev–Trinajstić information content (AvgIpc) is 3.57. The summed E-state index contributed by atoms with van der Waals surface area (Å²) in [6, 6.07) is 12.0. The molecule has 2 aromatic carbocycles. The van der Waals surface area contributed by atoms with Gasteiger partial charge >= 0.3 is 0 Å². The van der Waals surface area contributed by atoms with E-state index in [0.29, 0.717) is 86.1 Å². The van der Waals surface area contributed by atoms with E-state index in [1.807, 2.05) is 34.8 Å². The molecule has 0 fully saturated rings. The minimum atomic E-state index is 0.102. The molecule has 0 unspecified atom stereocenters. The predicted molar refractivity (Wildman–Crippen MR) is 162 cm³/mol. The standard InChI is InChI=1S/C30H35N9O4/c1-33-8-11-42-13-12-41-10-7-25(40)38-9-6-20-14-19(2-3-22(20)17-38)16-39-29-26(28(31)34-18-35-29)27(37-39)21-4-5-24-23(15-21)36-30(32)43-24/h2-5,14-15,18,33H,6-13,16-17H2,1H3,(H2,32,36)(H2,31,34,35). The van der Waals surface area contributed by atoms with E-state index in [4.69, 9.17) is 30.5 Å². The highest BCUT2D eigenvalue weighted by Crippen LogP contribution is 2.33. The van der Waals surface area contributed by atoms with Crippen LogP contribution in [0, 0.1) is 0 Å². The van der Waals surface area contributed by atoms with Gasteiger partial charge in [-0.3, -0.25) is 4.79 Å². The van der Waals surface area contributed by atoms with Crippen molar-refractivity contribution in [1.29, 1.82) is 0 Å². The lowest BCUT2D eigenvalue weighted by Crippen LogP contribution is -2.36. The Bertz CT molecular complexity index is 1750. The molecule has 0 saturated carbocycles. The fourth-order valence-electron chi connectivity index (χ4n) is 5.34. The molecule has 3 aromatic heterocycles. The van der Waals surface area contributed by atoms with Gasteiger partial charge in [-0.1, -0.05) is 18.2 Å². The van der Waals surface area contributed by atoms with Crippen LogP contribution in [0.5, 0.6) is 0 Å². The third-order valence-corrected chi connectivity index (χ3v) is 7.53. The third kappa shape index (κ3) is 6.28. The second-order valence-corrected chi connectivity index (χ2v) is 10.4. The molecule has 5 aromatic rings. The van der Waals surface area contributed by atoms with Crippen molar-refractivity contribution in [2.24, 2.45) is 0 Å². The van der Waals surface area contributed by atoms with Gasteiger partial charge in [-0.2, -0.15) is 10.1 Å². The van der Waals surface area contributed by atoms with E-state index in [9.17, 15) is 4.79 Å². The molecule has 43 heavy (non-hydrogen) atoms. The summed E-state index contributed by atoms with van der Waals surface area (Å²) in [5, 5.41) is 8.61. The summed E-state index contributed by atoms with van der Waals surface area (Å²) in [4.78, 5) is 27.7. The van der Waals surface area contributed by atoms with Crippen LogP contribution in [0.3, 0.4) is 0 Å². The van der Waals surface area contributed by atoms with Gasteiger partial charge in [0.05, 0.1) is 44.8 Å². The molecule has 1 amide bonds. The van der Waals surface area contributed by atoms with E-state index in [2.05, 4.69) is 38.5 Å². The van der Waals surface area contributed by atoms with Crippen molar-refractivity contribution < 1.29 is 18.7 Å². The highest BCUT2D eigenvalue weighted by atomic mass is 16.5. The van der Waals surface area contributed by atoms with Crippen LogP contribution in [0.1, 0.15) is 23.1 Å². The molecule has 4 heterocycles. The Hall–Kier alpha value is -4.59. The largest absolute Gasteiger partial charge is 0.424 e. The van der Waals surface area contributed by atoms with Gasteiger partial charge in [0, 0.05) is 25.2 Å². The van der Waals surface area contributed by atoms with Gasteiger partial charge in [-0.05, 0) is 48.4 Å². The van der Waals surface area contributed by atoms with E-state index >= 15 is 0 Å². The number of aromatic nitrogens is 5. The Balaban J connectivity index is 1.12. The monoisotopic (exact) mass is 585 g/mol. The zero-order valence-electron chi connectivity index (χ0n) is 24.1. The molecule has 13 nitrogen and oxygen atoms in total. The first-order valence-electron chi connectivity index (χ1n) is 14.3. The van der Waals surface area contributed by atoms with Crippen molar-refractivity contribution in [1.82, 2.24) is 34.9 Å². The van der Waals surface area contributed by atoms with Crippen LogP contribution in [0.4, 0.5) is 11.8 Å². The van der Waals surface area contributed by atoms with Crippen LogP contribution in [0.25, 0.3) is 33.4 Å². The number of ether oxygens (including phenoxy) is 2. The van der Waals surface area contributed by atoms with E-state index in [-0.39, 0.29) is 11.9 Å². The second kappa shape index (κ2) is 12.7. The van der Waals surface area contributed by atoms with Crippen LogP contribution in [-0.2, 0) is 33.8 Å². The van der Waals surface area contributed by atoms with Gasteiger partial charge in [-0.15, -0.1) is 0 Å². The lowest BCUT2D eigenvalue weighted by atomic mass is 9.97. The minimum Gasteiger partial charge on any atom is -0.424 e. The molecule has 1 aliphatic rings. The number of rotatable bonds is 12. The summed E-state index contributed by atoms with van der Waals surface area (Å²) in [6.45, 7) is 4.63. The number of nitrogens with two attached hydrogens (primary N) is 2. The zero-order chi connectivity index (χ0) is 29.8. The molecule has 0 bridgehead atoms. The smallest absolute Gasteiger partial charge is 0.292 e. The van der Waals surface area contributed by atoms with E-state index in [1.165, 1.54) is 11.9 Å². The number of oxazole rings is 1. The molecule has 0 aliphatic carbocycles. The fourth-order valence-corrected chi connectivity index (χ4v) is 5.34. The molecule has 0 radical (unpaired) electrons. The Morgan fingerprint density at radius 3 is 2.77 bits per heavy atom. The quantitative estimate of drug-likeness (QED) is 0.184. The number of carbonyl (C=O) groups is 1. The zero-order valence-corrected chi connectivity index (χ0v) is 24.1. The Kier molecular flexibility index (Phi) is 8.45. The van der Waals surface area contributed by atoms with Crippen molar-refractivity contribution in [2.45, 2.75) is 25.9 Å². The number of hydrogen-bond acceptors (Lipinski definition) is 11. The van der Waals surface area contributed by atoms with Crippen molar-refractivity contribution in [3.8, 4) is 11.3 Å². The molecule has 5 N–H and O–H groups in total. The van der Waals surface area contributed by atoms with Crippen LogP contribution >= 0.6 is 0 Å². The molecular weight excluding hydrogens is 550 g/mol. The maximum Gasteiger partial charge on any atom is 0.292 e. The summed E-state index contributed by atoms with van der Waals surface area (Å²) >= 11 is 0. The SMILES string of the molecule is CNCCOCCOCCC(=O)N1CCc2cc(Cn3nc(-c4ccc5oc(N)nc5c4)c4c(N)ncnc43)ccc2C1. The number of nitrogens with zero attached hydrogens (tertiary/aromatic N) is 6. The summed E-state index contributed by atoms with van der Waals surface area (Å²) in [5.41, 5.74) is 18.8. The topological polar surface area (TPSA) is 172 Å². The highest BCUT2D eigenvalue weighted by molar-refractivity contribution is 5.99. The Labute approximate surface area is 248 Å². The first kappa shape index (κ1) is 28.5. The molecule has 1 aliphatic heterocycles. The maximum atomic E-state index is 12.8. The van der Waals surface area contributed by atoms with Crippen LogP contribution in [0.2, 0.25) is 0 Å². The lowest BCUT2D eigenvalue weighted by Gasteiger charge is -2.29. The van der Waals surface area contributed by atoms with Crippen LogP contribution < -0.4 is 16.8 Å². The Morgan fingerprint density at radius 2 is 1.91 bits per heavy atom. The summed E-state index contributed by atoms with van der Waals surface area (Å²) in [5.74, 6) is 0.453. The third-order valence-electron chi connectivity index (χ3n) is 7.53. The van der Waals surface area contributed by atoms with Crippen molar-refractivity contribution in [3.05, 3.63) is 59.4 Å². The normalized spacial score (nSPS) is 13.2. The molecular formula is C30H35N9O4. The van der Waals surface area contributed by atoms with Gasteiger partial charge in [0.1, 0.15) is 23.4 Å². The number of fused-ring (bicyclic) bond motifs is 3. The number of hydrogen-bond donors (Lipinski definition) is 3. The van der Waals surface area contributed by atoms with Crippen LogP contribution in [0.15, 0.2) is 47.1 Å². The molecule has 13 heteroatoms. The van der Waals surface area contributed by atoms with Crippen molar-refractivity contribution >= 4 is 39.9 Å². The minimum absolute atomic E-state index is 0.102. The molecule has 224 valence electrons.